The van der Waals surface area contributed by atoms with E-state index in [9.17, 15) is 4.79 Å². The van der Waals surface area contributed by atoms with Crippen molar-refractivity contribution in [3.63, 3.8) is 0 Å². The lowest BCUT2D eigenvalue weighted by Gasteiger charge is -2.56. The van der Waals surface area contributed by atoms with Crippen LogP contribution >= 0.6 is 0 Å². The highest BCUT2D eigenvalue weighted by molar-refractivity contribution is 5.80. The van der Waals surface area contributed by atoms with Crippen molar-refractivity contribution >= 4 is 5.78 Å². The molecule has 24 heavy (non-hydrogen) atoms. The molecule has 2 heteroatoms. The van der Waals surface area contributed by atoms with E-state index >= 15 is 0 Å². The maximum absolute atomic E-state index is 12.3. The fraction of sp³-hybridized carbons (Fsp3) is 0.591. The number of ketones is 1. The first kappa shape index (κ1) is 17.4. The van der Waals surface area contributed by atoms with Crippen LogP contribution in [0.15, 0.2) is 42.5 Å². The normalized spacial score (nSPS) is 38.8. The highest BCUT2D eigenvalue weighted by atomic mass is 16.5. The van der Waals surface area contributed by atoms with E-state index in [1.54, 1.807) is 0 Å². The van der Waals surface area contributed by atoms with Gasteiger partial charge in [0.15, 0.2) is 0 Å². The van der Waals surface area contributed by atoms with E-state index < -0.39 is 0 Å². The Morgan fingerprint density at radius 2 is 1.83 bits per heavy atom. The molecule has 1 saturated carbocycles. The third-order valence-corrected chi connectivity index (χ3v) is 6.88. The van der Waals surface area contributed by atoms with Gasteiger partial charge < -0.3 is 4.74 Å². The lowest BCUT2D eigenvalue weighted by molar-refractivity contribution is -0.137. The average molecular weight is 326 g/mol. The van der Waals surface area contributed by atoms with Crippen LogP contribution in [0.5, 0.6) is 0 Å². The smallest absolute Gasteiger partial charge is 0.133 e. The molecule has 2 aliphatic carbocycles. The number of carbonyl (C=O) groups excluding carboxylic acids is 1. The van der Waals surface area contributed by atoms with Gasteiger partial charge in [-0.15, -0.1) is 0 Å². The van der Waals surface area contributed by atoms with Gasteiger partial charge in [0, 0.05) is 18.3 Å². The Labute approximate surface area is 146 Å². The number of carbonyl (C=O) groups is 1. The predicted molar refractivity (Wildman–Crippen MR) is 97.5 cm³/mol. The molecule has 1 aromatic carbocycles. The molecule has 0 spiro atoms. The Morgan fingerprint density at radius 3 is 2.54 bits per heavy atom. The Balaban J connectivity index is 1.78. The molecule has 5 atom stereocenters. The van der Waals surface area contributed by atoms with Crippen molar-refractivity contribution in [3.8, 4) is 0 Å². The monoisotopic (exact) mass is 326 g/mol. The van der Waals surface area contributed by atoms with Gasteiger partial charge in [-0.1, -0.05) is 70.2 Å². The second kappa shape index (κ2) is 6.48. The number of hydrogen-bond donors (Lipinski definition) is 0. The molecule has 130 valence electrons. The van der Waals surface area contributed by atoms with Gasteiger partial charge in [-0.3, -0.25) is 4.79 Å². The van der Waals surface area contributed by atoms with E-state index in [2.05, 4.69) is 52.0 Å². The maximum Gasteiger partial charge on any atom is 0.133 e. The minimum atomic E-state index is 0.00260. The largest absolute Gasteiger partial charge is 0.376 e. The molecule has 2 aliphatic rings. The van der Waals surface area contributed by atoms with Crippen LogP contribution in [0.4, 0.5) is 0 Å². The first-order valence-corrected chi connectivity index (χ1v) is 9.19. The summed E-state index contributed by atoms with van der Waals surface area (Å²) in [6.07, 6.45) is 6.15. The zero-order valence-electron chi connectivity index (χ0n) is 15.4. The van der Waals surface area contributed by atoms with Crippen LogP contribution in [-0.2, 0) is 16.1 Å². The van der Waals surface area contributed by atoms with E-state index in [-0.39, 0.29) is 10.8 Å². The van der Waals surface area contributed by atoms with Gasteiger partial charge in [-0.05, 0) is 28.7 Å². The molecule has 0 heterocycles. The topological polar surface area (TPSA) is 26.3 Å². The van der Waals surface area contributed by atoms with E-state index in [4.69, 9.17) is 4.74 Å². The fourth-order valence-electron chi connectivity index (χ4n) is 4.74. The second-order valence-electron chi connectivity index (χ2n) is 8.40. The summed E-state index contributed by atoms with van der Waals surface area (Å²) < 4.78 is 6.15. The van der Waals surface area contributed by atoms with Gasteiger partial charge in [0.1, 0.15) is 5.78 Å². The standard InChI is InChI=1S/C22H30O2/c1-16-10-11-21(3)17(2)12-19(23)13-20(21)22(16,4)15-24-14-18-8-6-5-7-9-18/h5-11,16-17,20H,12-15H2,1-4H3/t16-,17-,20+,21-,22+/m1/s1. The Bertz CT molecular complexity index is 620. The molecule has 0 unspecified atom stereocenters. The summed E-state index contributed by atoms with van der Waals surface area (Å²) >= 11 is 0. The summed E-state index contributed by atoms with van der Waals surface area (Å²) in [5.74, 6) is 1.60. The first-order chi connectivity index (χ1) is 11.4. The molecular formula is C22H30O2. The van der Waals surface area contributed by atoms with Gasteiger partial charge in [-0.25, -0.2) is 0 Å². The molecule has 0 radical (unpaired) electrons. The van der Waals surface area contributed by atoms with Gasteiger partial charge >= 0.3 is 0 Å². The Hall–Kier alpha value is -1.41. The van der Waals surface area contributed by atoms with Crippen molar-refractivity contribution in [1.82, 2.24) is 0 Å². The van der Waals surface area contributed by atoms with Crippen LogP contribution in [0, 0.1) is 28.6 Å². The number of Topliss-reactive ketones (excluding diaryl/α,β-unsaturated/α-hetero) is 1. The number of hydrogen-bond acceptors (Lipinski definition) is 2. The lowest BCUT2D eigenvalue weighted by atomic mass is 9.48. The minimum Gasteiger partial charge on any atom is -0.376 e. The van der Waals surface area contributed by atoms with Gasteiger partial charge in [0.05, 0.1) is 13.2 Å². The zero-order valence-corrected chi connectivity index (χ0v) is 15.4. The molecule has 0 saturated heterocycles. The van der Waals surface area contributed by atoms with Gasteiger partial charge in [0.2, 0.25) is 0 Å². The third-order valence-electron chi connectivity index (χ3n) is 6.88. The SMILES string of the molecule is C[C@@H]1CC(=O)C[C@H]2[C@]1(C)C=C[C@@H](C)[C@]2(C)COCc1ccccc1. The molecular weight excluding hydrogens is 296 g/mol. The zero-order chi connectivity index (χ0) is 17.4. The first-order valence-electron chi connectivity index (χ1n) is 9.19. The van der Waals surface area contributed by atoms with Crippen molar-refractivity contribution in [3.05, 3.63) is 48.0 Å². The van der Waals surface area contributed by atoms with Crippen LogP contribution in [0.2, 0.25) is 0 Å². The lowest BCUT2D eigenvalue weighted by Crippen LogP contribution is -2.53. The quantitative estimate of drug-likeness (QED) is 0.725. The highest BCUT2D eigenvalue weighted by Gasteiger charge is 2.54. The molecule has 0 bridgehead atoms. The third kappa shape index (κ3) is 2.97. The number of ether oxygens (including phenoxy) is 1. The highest BCUT2D eigenvalue weighted by Crippen LogP contribution is 2.58. The second-order valence-corrected chi connectivity index (χ2v) is 8.40. The molecule has 1 fully saturated rings. The molecule has 3 rings (SSSR count). The predicted octanol–water partition coefficient (Wildman–Crippen LogP) is 5.04. The van der Waals surface area contributed by atoms with Crippen LogP contribution in [0.1, 0.15) is 46.1 Å². The van der Waals surface area contributed by atoms with E-state index in [0.717, 1.165) is 0 Å². The van der Waals surface area contributed by atoms with Gasteiger partial charge in [0.25, 0.3) is 0 Å². The summed E-state index contributed by atoms with van der Waals surface area (Å²) in [5.41, 5.74) is 1.31. The minimum absolute atomic E-state index is 0.00260. The van der Waals surface area contributed by atoms with Crippen molar-refractivity contribution in [2.45, 2.75) is 47.1 Å². The van der Waals surface area contributed by atoms with Crippen molar-refractivity contribution in [1.29, 1.82) is 0 Å². The van der Waals surface area contributed by atoms with Crippen LogP contribution < -0.4 is 0 Å². The van der Waals surface area contributed by atoms with E-state index in [0.29, 0.717) is 49.6 Å². The molecule has 2 nitrogen and oxygen atoms in total. The van der Waals surface area contributed by atoms with E-state index in [1.807, 2.05) is 18.2 Å². The Morgan fingerprint density at radius 1 is 1.12 bits per heavy atom. The van der Waals surface area contributed by atoms with Crippen LogP contribution in [0.3, 0.4) is 0 Å². The molecule has 0 N–H and O–H groups in total. The summed E-state index contributed by atoms with van der Waals surface area (Å²) in [6, 6.07) is 10.3. The average Bonchev–Trinajstić information content (AvgIpc) is 2.56. The van der Waals surface area contributed by atoms with Crippen LogP contribution in [-0.4, -0.2) is 12.4 Å². The Kier molecular flexibility index (Phi) is 4.70. The summed E-state index contributed by atoms with van der Waals surface area (Å²) in [7, 11) is 0. The molecule has 0 amide bonds. The summed E-state index contributed by atoms with van der Waals surface area (Å²) in [4.78, 5) is 12.3. The summed E-state index contributed by atoms with van der Waals surface area (Å²) in [5, 5.41) is 0. The number of benzene rings is 1. The van der Waals surface area contributed by atoms with E-state index in [1.165, 1.54) is 5.56 Å². The van der Waals surface area contributed by atoms with Crippen molar-refractivity contribution in [2.24, 2.45) is 28.6 Å². The van der Waals surface area contributed by atoms with Crippen molar-refractivity contribution < 1.29 is 9.53 Å². The van der Waals surface area contributed by atoms with Gasteiger partial charge in [-0.2, -0.15) is 0 Å². The van der Waals surface area contributed by atoms with Crippen LogP contribution in [0.25, 0.3) is 0 Å². The molecule has 0 aliphatic heterocycles. The number of rotatable bonds is 4. The summed E-state index contributed by atoms with van der Waals surface area (Å²) in [6.45, 7) is 10.5. The fourth-order valence-corrected chi connectivity index (χ4v) is 4.74. The number of fused-ring (bicyclic) bond motifs is 1. The maximum atomic E-state index is 12.3. The number of allylic oxidation sites excluding steroid dienone is 2. The molecule has 1 aromatic rings. The molecule has 0 aromatic heterocycles. The van der Waals surface area contributed by atoms with Crippen molar-refractivity contribution in [2.75, 3.05) is 6.61 Å².